The lowest BCUT2D eigenvalue weighted by atomic mass is 10.0. The van der Waals surface area contributed by atoms with Crippen LogP contribution in [-0.2, 0) is 0 Å². The Morgan fingerprint density at radius 3 is 2.79 bits per heavy atom. The highest BCUT2D eigenvalue weighted by molar-refractivity contribution is 9.10. The van der Waals surface area contributed by atoms with Gasteiger partial charge < -0.3 is 10.7 Å². The van der Waals surface area contributed by atoms with Gasteiger partial charge in [-0.2, -0.15) is 0 Å². The Morgan fingerprint density at radius 2 is 2.11 bits per heavy atom. The molecule has 0 fully saturated rings. The highest BCUT2D eigenvalue weighted by Crippen LogP contribution is 2.25. The van der Waals surface area contributed by atoms with Gasteiger partial charge in [0.05, 0.1) is 15.5 Å². The minimum absolute atomic E-state index is 0.243. The third-order valence-corrected chi connectivity index (χ3v) is 3.91. The van der Waals surface area contributed by atoms with Crippen LogP contribution < -0.4 is 5.73 Å². The Morgan fingerprint density at radius 1 is 1.37 bits per heavy atom. The van der Waals surface area contributed by atoms with Crippen LogP contribution in [0, 0.1) is 5.82 Å². The van der Waals surface area contributed by atoms with Crippen molar-refractivity contribution < 1.29 is 4.39 Å². The van der Waals surface area contributed by atoms with Crippen molar-refractivity contribution in [2.75, 3.05) is 0 Å². The van der Waals surface area contributed by atoms with Gasteiger partial charge in [0.1, 0.15) is 11.6 Å². The number of hydrogen-bond donors (Lipinski definition) is 2. The molecule has 0 bridgehead atoms. The molecule has 19 heavy (non-hydrogen) atoms. The number of fused-ring (bicyclic) bond motifs is 1. The first-order chi connectivity index (χ1) is 8.97. The number of nitrogens with zero attached hydrogens (tertiary/aromatic N) is 1. The second kappa shape index (κ2) is 6.01. The first kappa shape index (κ1) is 14.5. The summed E-state index contributed by atoms with van der Waals surface area (Å²) in [6.45, 7) is 4.15. The van der Waals surface area contributed by atoms with Gasteiger partial charge in [-0.3, -0.25) is 0 Å². The zero-order valence-corrected chi connectivity index (χ0v) is 12.8. The van der Waals surface area contributed by atoms with E-state index in [0.717, 1.165) is 36.1 Å². The Hall–Kier alpha value is -0.940. The van der Waals surface area contributed by atoms with Gasteiger partial charge in [0.2, 0.25) is 0 Å². The molecule has 2 unspecified atom stereocenters. The summed E-state index contributed by atoms with van der Waals surface area (Å²) in [7, 11) is 0. The van der Waals surface area contributed by atoms with Gasteiger partial charge in [0, 0.05) is 18.0 Å². The molecule has 3 N–H and O–H groups in total. The summed E-state index contributed by atoms with van der Waals surface area (Å²) in [6, 6.07) is 3.43. The second-order valence-electron chi connectivity index (χ2n) is 5.21. The normalized spacial score (nSPS) is 14.8. The van der Waals surface area contributed by atoms with E-state index >= 15 is 0 Å². The second-order valence-corrected chi connectivity index (χ2v) is 6.07. The number of hydrogen-bond acceptors (Lipinski definition) is 2. The van der Waals surface area contributed by atoms with Gasteiger partial charge in [0.15, 0.2) is 0 Å². The molecule has 0 aliphatic heterocycles. The van der Waals surface area contributed by atoms with Gasteiger partial charge in [0.25, 0.3) is 0 Å². The quantitative estimate of drug-likeness (QED) is 0.869. The van der Waals surface area contributed by atoms with Crippen LogP contribution in [0.15, 0.2) is 16.6 Å². The highest BCUT2D eigenvalue weighted by Gasteiger charge is 2.12. The molecular weight excluding hydrogens is 309 g/mol. The van der Waals surface area contributed by atoms with E-state index in [2.05, 4.69) is 32.8 Å². The van der Waals surface area contributed by atoms with Crippen molar-refractivity contribution in [3.05, 3.63) is 28.2 Å². The fraction of sp³-hybridized carbons (Fsp3) is 0.500. The fourth-order valence-corrected chi connectivity index (χ4v) is 2.47. The largest absolute Gasteiger partial charge is 0.342 e. The Bertz CT molecular complexity index is 526. The van der Waals surface area contributed by atoms with E-state index in [1.165, 1.54) is 6.07 Å². The van der Waals surface area contributed by atoms with Crippen LogP contribution in [0.2, 0.25) is 0 Å². The molecule has 2 atom stereocenters. The Labute approximate surface area is 120 Å². The van der Waals surface area contributed by atoms with E-state index in [-0.39, 0.29) is 11.9 Å². The van der Waals surface area contributed by atoms with Crippen molar-refractivity contribution in [2.24, 2.45) is 5.73 Å². The zero-order valence-electron chi connectivity index (χ0n) is 11.2. The molecule has 0 saturated heterocycles. The molecule has 1 aromatic carbocycles. The maximum Gasteiger partial charge on any atom is 0.139 e. The van der Waals surface area contributed by atoms with Crippen molar-refractivity contribution in [2.45, 2.75) is 45.1 Å². The van der Waals surface area contributed by atoms with Crippen molar-refractivity contribution in [3.63, 3.8) is 0 Å². The van der Waals surface area contributed by atoms with E-state index in [1.807, 2.05) is 6.92 Å². The number of aromatic nitrogens is 2. The van der Waals surface area contributed by atoms with Gasteiger partial charge >= 0.3 is 0 Å². The lowest BCUT2D eigenvalue weighted by molar-refractivity contribution is 0.546. The third-order valence-electron chi connectivity index (χ3n) is 3.31. The maximum absolute atomic E-state index is 13.4. The smallest absolute Gasteiger partial charge is 0.139 e. The monoisotopic (exact) mass is 327 g/mol. The lowest BCUT2D eigenvalue weighted by Gasteiger charge is -2.09. The summed E-state index contributed by atoms with van der Waals surface area (Å²) in [5.74, 6) is 0.970. The van der Waals surface area contributed by atoms with Gasteiger partial charge in [-0.25, -0.2) is 9.37 Å². The summed E-state index contributed by atoms with van der Waals surface area (Å²) in [5.41, 5.74) is 7.28. The van der Waals surface area contributed by atoms with E-state index in [1.54, 1.807) is 6.07 Å². The highest BCUT2D eigenvalue weighted by atomic mass is 79.9. The lowest BCUT2D eigenvalue weighted by Crippen LogP contribution is -2.14. The van der Waals surface area contributed by atoms with Crippen LogP contribution in [0.3, 0.4) is 0 Å². The average molecular weight is 328 g/mol. The number of halogens is 2. The number of benzene rings is 1. The molecule has 0 spiro atoms. The predicted molar refractivity (Wildman–Crippen MR) is 79.7 cm³/mol. The van der Waals surface area contributed by atoms with Crippen LogP contribution in [-0.4, -0.2) is 16.0 Å². The van der Waals surface area contributed by atoms with E-state index in [9.17, 15) is 4.39 Å². The maximum atomic E-state index is 13.4. The Kier molecular flexibility index (Phi) is 4.58. The van der Waals surface area contributed by atoms with Gasteiger partial charge in [-0.1, -0.05) is 13.3 Å². The van der Waals surface area contributed by atoms with E-state index < -0.39 is 0 Å². The summed E-state index contributed by atoms with van der Waals surface area (Å²) in [4.78, 5) is 7.73. The summed E-state index contributed by atoms with van der Waals surface area (Å²) in [6.07, 6.45) is 3.13. The molecule has 2 rings (SSSR count). The molecule has 0 aliphatic rings. The number of aromatic amines is 1. The summed E-state index contributed by atoms with van der Waals surface area (Å²) < 4.78 is 13.9. The minimum atomic E-state index is -0.271. The summed E-state index contributed by atoms with van der Waals surface area (Å²) in [5, 5.41) is 0. The van der Waals surface area contributed by atoms with Crippen LogP contribution >= 0.6 is 15.9 Å². The number of nitrogens with one attached hydrogen (secondary N) is 1. The summed E-state index contributed by atoms with van der Waals surface area (Å²) >= 11 is 3.18. The van der Waals surface area contributed by atoms with Gasteiger partial charge in [-0.15, -0.1) is 0 Å². The van der Waals surface area contributed by atoms with E-state index in [4.69, 9.17) is 5.73 Å². The van der Waals surface area contributed by atoms with Gasteiger partial charge in [-0.05, 0) is 41.8 Å². The molecular formula is C14H19BrFN3. The molecule has 5 heteroatoms. The molecule has 0 amide bonds. The zero-order chi connectivity index (χ0) is 14.0. The molecule has 0 saturated carbocycles. The van der Waals surface area contributed by atoms with Crippen LogP contribution in [0.25, 0.3) is 11.0 Å². The minimum Gasteiger partial charge on any atom is -0.342 e. The fourth-order valence-electron chi connectivity index (χ4n) is 2.14. The molecule has 0 radical (unpaired) electrons. The molecule has 3 nitrogen and oxygen atoms in total. The first-order valence-corrected chi connectivity index (χ1v) is 7.37. The number of imidazole rings is 1. The average Bonchev–Trinajstić information content (AvgIpc) is 2.72. The topological polar surface area (TPSA) is 54.7 Å². The predicted octanol–water partition coefficient (Wildman–Crippen LogP) is 4.09. The number of nitrogens with two attached hydrogens (primary N) is 1. The number of H-pyrrole nitrogens is 1. The number of rotatable bonds is 5. The van der Waals surface area contributed by atoms with Crippen LogP contribution in [0.4, 0.5) is 4.39 Å². The standard InChI is InChI=1S/C14H19BrFN3/c1-8(4-3-5-9(2)17)14-18-12-6-10(15)11(16)7-13(12)19-14/h6-9H,3-5,17H2,1-2H3,(H,18,19). The van der Waals surface area contributed by atoms with Crippen molar-refractivity contribution in [1.82, 2.24) is 9.97 Å². The van der Waals surface area contributed by atoms with Crippen molar-refractivity contribution in [3.8, 4) is 0 Å². The van der Waals surface area contributed by atoms with Crippen molar-refractivity contribution in [1.29, 1.82) is 0 Å². The van der Waals surface area contributed by atoms with E-state index in [0.29, 0.717) is 10.4 Å². The van der Waals surface area contributed by atoms with Crippen LogP contribution in [0.1, 0.15) is 44.9 Å². The molecule has 1 aromatic heterocycles. The molecule has 2 aromatic rings. The van der Waals surface area contributed by atoms with Crippen LogP contribution in [0.5, 0.6) is 0 Å². The first-order valence-electron chi connectivity index (χ1n) is 6.57. The molecule has 0 aliphatic carbocycles. The SMILES string of the molecule is CC(N)CCCC(C)c1nc2cc(Br)c(F)cc2[nH]1. The Balaban J connectivity index is 2.12. The third kappa shape index (κ3) is 3.54. The molecule has 104 valence electrons. The van der Waals surface area contributed by atoms with Crippen molar-refractivity contribution >= 4 is 27.0 Å². The molecule has 1 heterocycles.